The first-order chi connectivity index (χ1) is 10.3. The summed E-state index contributed by atoms with van der Waals surface area (Å²) in [5.41, 5.74) is 1.85. The molecular weight excluding hydrogens is 266 g/mol. The number of ether oxygens (including phenoxy) is 1. The zero-order valence-electron chi connectivity index (χ0n) is 12.0. The number of hydrogen-bond acceptors (Lipinski definition) is 3. The van der Waals surface area contributed by atoms with Gasteiger partial charge in [0.15, 0.2) is 0 Å². The van der Waals surface area contributed by atoms with Crippen molar-refractivity contribution in [2.24, 2.45) is 0 Å². The molecule has 0 radical (unpaired) electrons. The number of hydrogen-bond donors (Lipinski definition) is 2. The van der Waals surface area contributed by atoms with Crippen LogP contribution in [-0.4, -0.2) is 17.6 Å². The second-order valence-electron chi connectivity index (χ2n) is 4.43. The van der Waals surface area contributed by atoms with Crippen LogP contribution in [0.5, 0.6) is 5.75 Å². The maximum Gasteiger partial charge on any atom is 0.315 e. The monoisotopic (exact) mass is 285 g/mol. The van der Waals surface area contributed by atoms with Crippen LogP contribution >= 0.6 is 0 Å². The average molecular weight is 285 g/mol. The summed E-state index contributed by atoms with van der Waals surface area (Å²) in [4.78, 5) is 15.8. The van der Waals surface area contributed by atoms with Gasteiger partial charge in [0.25, 0.3) is 0 Å². The van der Waals surface area contributed by atoms with Gasteiger partial charge in [0, 0.05) is 12.7 Å². The Kier molecular flexibility index (Phi) is 5.58. The lowest BCUT2D eigenvalue weighted by molar-refractivity contribution is 0.240. The number of nitrogens with zero attached hydrogens (tertiary/aromatic N) is 1. The number of carbonyl (C=O) groups is 1. The van der Waals surface area contributed by atoms with Gasteiger partial charge >= 0.3 is 6.03 Å². The van der Waals surface area contributed by atoms with Crippen LogP contribution in [0.2, 0.25) is 0 Å². The molecule has 0 aliphatic rings. The van der Waals surface area contributed by atoms with Crippen molar-refractivity contribution in [1.82, 2.24) is 15.6 Å². The van der Waals surface area contributed by atoms with Gasteiger partial charge < -0.3 is 15.4 Å². The van der Waals surface area contributed by atoms with Gasteiger partial charge in [-0.15, -0.1) is 0 Å². The fourth-order valence-electron chi connectivity index (χ4n) is 1.79. The fraction of sp³-hybridized carbons (Fsp3) is 0.250. The van der Waals surface area contributed by atoms with E-state index in [4.69, 9.17) is 4.74 Å². The summed E-state index contributed by atoms with van der Waals surface area (Å²) in [6.07, 6.45) is 1.70. The molecule has 0 unspecified atom stereocenters. The number of pyridine rings is 1. The molecular formula is C16H19N3O2. The summed E-state index contributed by atoms with van der Waals surface area (Å²) in [6, 6.07) is 13.0. The van der Waals surface area contributed by atoms with Gasteiger partial charge in [-0.1, -0.05) is 18.2 Å². The Morgan fingerprint density at radius 3 is 2.52 bits per heavy atom. The quantitative estimate of drug-likeness (QED) is 0.857. The van der Waals surface area contributed by atoms with E-state index in [2.05, 4.69) is 15.6 Å². The molecule has 0 spiro atoms. The van der Waals surface area contributed by atoms with Crippen molar-refractivity contribution in [1.29, 1.82) is 0 Å². The van der Waals surface area contributed by atoms with Crippen LogP contribution in [0.3, 0.4) is 0 Å². The van der Waals surface area contributed by atoms with Gasteiger partial charge in [-0.3, -0.25) is 4.98 Å². The number of benzene rings is 1. The highest BCUT2D eigenvalue weighted by atomic mass is 16.5. The third-order valence-electron chi connectivity index (χ3n) is 2.84. The molecule has 0 atom stereocenters. The van der Waals surface area contributed by atoms with Gasteiger partial charge in [-0.2, -0.15) is 0 Å². The van der Waals surface area contributed by atoms with E-state index in [9.17, 15) is 4.79 Å². The average Bonchev–Trinajstić information content (AvgIpc) is 2.53. The molecule has 0 saturated carbocycles. The van der Waals surface area contributed by atoms with Gasteiger partial charge in [0.1, 0.15) is 5.75 Å². The molecule has 110 valence electrons. The Morgan fingerprint density at radius 1 is 1.10 bits per heavy atom. The van der Waals surface area contributed by atoms with Gasteiger partial charge in [0.2, 0.25) is 0 Å². The molecule has 0 aliphatic carbocycles. The smallest absolute Gasteiger partial charge is 0.315 e. The standard InChI is InChI=1S/C16H19N3O2/c1-2-21-15-8-6-13(7-9-15)11-18-16(20)19-12-14-5-3-4-10-17-14/h3-10H,2,11-12H2,1H3,(H2,18,19,20). The zero-order chi connectivity index (χ0) is 14.9. The summed E-state index contributed by atoms with van der Waals surface area (Å²) >= 11 is 0. The van der Waals surface area contributed by atoms with Crippen molar-refractivity contribution >= 4 is 6.03 Å². The van der Waals surface area contributed by atoms with Crippen molar-refractivity contribution in [2.75, 3.05) is 6.61 Å². The zero-order valence-corrected chi connectivity index (χ0v) is 12.0. The van der Waals surface area contributed by atoms with Crippen molar-refractivity contribution < 1.29 is 9.53 Å². The number of carbonyl (C=O) groups excluding carboxylic acids is 1. The van der Waals surface area contributed by atoms with Crippen LogP contribution < -0.4 is 15.4 Å². The van der Waals surface area contributed by atoms with E-state index in [0.717, 1.165) is 17.0 Å². The number of amides is 2. The van der Waals surface area contributed by atoms with Crippen LogP contribution in [0.4, 0.5) is 4.79 Å². The number of urea groups is 1. The minimum absolute atomic E-state index is 0.213. The molecule has 1 aromatic heterocycles. The first kappa shape index (κ1) is 14.8. The number of rotatable bonds is 6. The third kappa shape index (κ3) is 5.14. The van der Waals surface area contributed by atoms with E-state index in [1.807, 2.05) is 49.4 Å². The second kappa shape index (κ2) is 7.89. The molecule has 2 rings (SSSR count). The van der Waals surface area contributed by atoms with E-state index < -0.39 is 0 Å². The molecule has 5 nitrogen and oxygen atoms in total. The maximum atomic E-state index is 11.7. The number of nitrogens with one attached hydrogen (secondary N) is 2. The van der Waals surface area contributed by atoms with Crippen LogP contribution in [0.15, 0.2) is 48.7 Å². The Balaban J connectivity index is 1.73. The second-order valence-corrected chi connectivity index (χ2v) is 4.43. The normalized spacial score (nSPS) is 9.95. The van der Waals surface area contributed by atoms with Crippen molar-refractivity contribution in [3.8, 4) is 5.75 Å². The van der Waals surface area contributed by atoms with Crippen LogP contribution in [-0.2, 0) is 13.1 Å². The maximum absolute atomic E-state index is 11.7. The molecule has 2 N–H and O–H groups in total. The molecule has 0 bridgehead atoms. The highest BCUT2D eigenvalue weighted by molar-refractivity contribution is 5.73. The first-order valence-corrected chi connectivity index (χ1v) is 6.91. The SMILES string of the molecule is CCOc1ccc(CNC(=O)NCc2ccccn2)cc1. The van der Waals surface area contributed by atoms with Crippen molar-refractivity contribution in [3.05, 3.63) is 59.9 Å². The lowest BCUT2D eigenvalue weighted by Crippen LogP contribution is -2.34. The topological polar surface area (TPSA) is 63.2 Å². The van der Waals surface area contributed by atoms with E-state index >= 15 is 0 Å². The Morgan fingerprint density at radius 2 is 1.86 bits per heavy atom. The predicted molar refractivity (Wildman–Crippen MR) is 80.9 cm³/mol. The Bertz CT molecular complexity index is 555. The summed E-state index contributed by atoms with van der Waals surface area (Å²) < 4.78 is 5.37. The highest BCUT2D eigenvalue weighted by Gasteiger charge is 2.01. The minimum atomic E-state index is -0.213. The number of aromatic nitrogens is 1. The first-order valence-electron chi connectivity index (χ1n) is 6.91. The molecule has 21 heavy (non-hydrogen) atoms. The lowest BCUT2D eigenvalue weighted by Gasteiger charge is -2.08. The van der Waals surface area contributed by atoms with Crippen LogP contribution in [0, 0.1) is 0 Å². The molecule has 2 amide bonds. The van der Waals surface area contributed by atoms with E-state index in [-0.39, 0.29) is 6.03 Å². The van der Waals surface area contributed by atoms with Crippen molar-refractivity contribution in [2.45, 2.75) is 20.0 Å². The molecule has 1 aromatic carbocycles. The summed E-state index contributed by atoms with van der Waals surface area (Å²) in [5.74, 6) is 0.834. The minimum Gasteiger partial charge on any atom is -0.494 e. The molecule has 2 aromatic rings. The molecule has 0 aliphatic heterocycles. The van der Waals surface area contributed by atoms with E-state index in [0.29, 0.717) is 19.7 Å². The van der Waals surface area contributed by atoms with E-state index in [1.165, 1.54) is 0 Å². The third-order valence-corrected chi connectivity index (χ3v) is 2.84. The van der Waals surface area contributed by atoms with Gasteiger partial charge in [-0.05, 0) is 36.8 Å². The Labute approximate surface area is 124 Å². The lowest BCUT2D eigenvalue weighted by atomic mass is 10.2. The summed E-state index contributed by atoms with van der Waals surface area (Å²) in [5, 5.41) is 5.57. The Hall–Kier alpha value is -2.56. The van der Waals surface area contributed by atoms with Crippen LogP contribution in [0.1, 0.15) is 18.2 Å². The molecule has 5 heteroatoms. The molecule has 1 heterocycles. The molecule has 0 fully saturated rings. The largest absolute Gasteiger partial charge is 0.494 e. The fourth-order valence-corrected chi connectivity index (χ4v) is 1.79. The van der Waals surface area contributed by atoms with Crippen LogP contribution in [0.25, 0.3) is 0 Å². The van der Waals surface area contributed by atoms with Crippen molar-refractivity contribution in [3.63, 3.8) is 0 Å². The highest BCUT2D eigenvalue weighted by Crippen LogP contribution is 2.11. The van der Waals surface area contributed by atoms with Gasteiger partial charge in [-0.25, -0.2) is 4.79 Å². The molecule has 0 saturated heterocycles. The van der Waals surface area contributed by atoms with Gasteiger partial charge in [0.05, 0.1) is 18.8 Å². The van der Waals surface area contributed by atoms with E-state index in [1.54, 1.807) is 6.20 Å². The summed E-state index contributed by atoms with van der Waals surface area (Å²) in [6.45, 7) is 3.48. The summed E-state index contributed by atoms with van der Waals surface area (Å²) in [7, 11) is 0. The predicted octanol–water partition coefficient (Wildman–Crippen LogP) is 2.48.